The predicted molar refractivity (Wildman–Crippen MR) is 142 cm³/mol. The van der Waals surface area contributed by atoms with Gasteiger partial charge in [0.25, 0.3) is 0 Å². The lowest BCUT2D eigenvalue weighted by molar-refractivity contribution is -0.172. The fourth-order valence-corrected chi connectivity index (χ4v) is 6.89. The van der Waals surface area contributed by atoms with E-state index < -0.39 is 16.8 Å². The highest BCUT2D eigenvalue weighted by atomic mass is 32.2. The van der Waals surface area contributed by atoms with Crippen molar-refractivity contribution >= 4 is 41.2 Å². The van der Waals surface area contributed by atoms with Crippen molar-refractivity contribution in [3.05, 3.63) is 65.7 Å². The molecule has 2 unspecified atom stereocenters. The van der Waals surface area contributed by atoms with Gasteiger partial charge in [0.1, 0.15) is 5.60 Å². The highest BCUT2D eigenvalue weighted by Crippen LogP contribution is 2.43. The van der Waals surface area contributed by atoms with Gasteiger partial charge < -0.3 is 9.64 Å². The zero-order chi connectivity index (χ0) is 24.8. The molecule has 2 atom stereocenters. The molecule has 2 aliphatic heterocycles. The normalized spacial score (nSPS) is 22.8. The van der Waals surface area contributed by atoms with Gasteiger partial charge in [0.2, 0.25) is 5.91 Å². The van der Waals surface area contributed by atoms with Crippen molar-refractivity contribution in [3.8, 4) is 0 Å². The van der Waals surface area contributed by atoms with Crippen molar-refractivity contribution in [1.29, 1.82) is 0 Å². The molecule has 0 N–H and O–H groups in total. The number of Topliss-reactive ketones (excluding diaryl/α,β-unsaturated/α-hetero) is 1. The summed E-state index contributed by atoms with van der Waals surface area (Å²) in [5.74, 6) is 1.77. The second-order valence-corrected chi connectivity index (χ2v) is 11.8. The van der Waals surface area contributed by atoms with Gasteiger partial charge in [-0.3, -0.25) is 14.4 Å². The molecule has 0 saturated carbocycles. The van der Waals surface area contributed by atoms with E-state index >= 15 is 0 Å². The van der Waals surface area contributed by atoms with Crippen molar-refractivity contribution in [1.82, 2.24) is 4.90 Å². The Balaban J connectivity index is 1.49. The zero-order valence-electron chi connectivity index (χ0n) is 20.4. The van der Waals surface area contributed by atoms with E-state index in [-0.39, 0.29) is 24.0 Å². The van der Waals surface area contributed by atoms with E-state index in [2.05, 4.69) is 13.8 Å². The van der Waals surface area contributed by atoms with Crippen LogP contribution in [0.2, 0.25) is 0 Å². The molecule has 35 heavy (non-hydrogen) atoms. The van der Waals surface area contributed by atoms with Gasteiger partial charge in [-0.25, -0.2) is 0 Å². The van der Waals surface area contributed by atoms with Gasteiger partial charge in [-0.05, 0) is 36.0 Å². The number of benzene rings is 2. The molecule has 186 valence electrons. The summed E-state index contributed by atoms with van der Waals surface area (Å²) in [4.78, 5) is 42.3. The summed E-state index contributed by atoms with van der Waals surface area (Å²) in [5.41, 5.74) is 0.907. The lowest BCUT2D eigenvalue weighted by atomic mass is 9.81. The van der Waals surface area contributed by atoms with Crippen LogP contribution < -0.4 is 0 Å². The van der Waals surface area contributed by atoms with Crippen LogP contribution in [0, 0.1) is 0 Å². The molecule has 0 aromatic heterocycles. The molecule has 2 heterocycles. The van der Waals surface area contributed by atoms with E-state index in [4.69, 9.17) is 4.74 Å². The Kier molecular flexibility index (Phi) is 8.60. The lowest BCUT2D eigenvalue weighted by Crippen LogP contribution is -2.47. The predicted octanol–water partition coefficient (Wildman–Crippen LogP) is 5.43. The number of esters is 1. The number of hydrogen-bond donors (Lipinski definition) is 0. The number of carbonyl (C=O) groups is 3. The largest absolute Gasteiger partial charge is 0.453 e. The minimum Gasteiger partial charge on any atom is -0.453 e. The maximum absolute atomic E-state index is 13.4. The molecule has 2 fully saturated rings. The molecular formula is C28H33NO4S2. The maximum atomic E-state index is 13.4. The van der Waals surface area contributed by atoms with Crippen LogP contribution in [0.5, 0.6) is 0 Å². The first kappa shape index (κ1) is 25.8. The Bertz CT molecular complexity index is 1030. The molecule has 0 aliphatic carbocycles. The van der Waals surface area contributed by atoms with Crippen LogP contribution in [0.1, 0.15) is 56.6 Å². The molecule has 4 rings (SSSR count). The molecule has 0 radical (unpaired) electrons. The molecule has 1 amide bonds. The lowest BCUT2D eigenvalue weighted by Gasteiger charge is -2.39. The van der Waals surface area contributed by atoms with Crippen LogP contribution in [-0.2, 0) is 24.7 Å². The van der Waals surface area contributed by atoms with Crippen LogP contribution >= 0.6 is 23.5 Å². The smallest absolute Gasteiger partial charge is 0.327 e. The molecule has 2 saturated heterocycles. The Morgan fingerprint density at radius 1 is 1.09 bits per heavy atom. The van der Waals surface area contributed by atoms with Crippen LogP contribution in [0.4, 0.5) is 0 Å². The zero-order valence-corrected chi connectivity index (χ0v) is 22.0. The summed E-state index contributed by atoms with van der Waals surface area (Å²) in [6.07, 6.45) is 1.53. The summed E-state index contributed by atoms with van der Waals surface area (Å²) in [5, 5.41) is -0.876. The Hall–Kier alpha value is -2.25. The van der Waals surface area contributed by atoms with E-state index in [1.54, 1.807) is 0 Å². The van der Waals surface area contributed by atoms with E-state index in [1.165, 1.54) is 11.8 Å². The third-order valence-electron chi connectivity index (χ3n) is 6.68. The van der Waals surface area contributed by atoms with Gasteiger partial charge in [0.05, 0.1) is 6.42 Å². The van der Waals surface area contributed by atoms with Gasteiger partial charge in [-0.2, -0.15) is 11.8 Å². The monoisotopic (exact) mass is 511 g/mol. The second-order valence-electron chi connectivity index (χ2n) is 9.46. The van der Waals surface area contributed by atoms with Gasteiger partial charge in [-0.1, -0.05) is 62.4 Å². The third-order valence-corrected chi connectivity index (χ3v) is 8.94. The molecule has 0 bridgehead atoms. The molecule has 2 aromatic rings. The van der Waals surface area contributed by atoms with Crippen LogP contribution in [0.3, 0.4) is 0 Å². The topological polar surface area (TPSA) is 63.7 Å². The third kappa shape index (κ3) is 6.12. The van der Waals surface area contributed by atoms with Crippen molar-refractivity contribution in [2.24, 2.45) is 0 Å². The average Bonchev–Trinajstić information content (AvgIpc) is 2.87. The van der Waals surface area contributed by atoms with Crippen molar-refractivity contribution in [2.45, 2.75) is 61.2 Å². The Labute approximate surface area is 216 Å². The molecule has 2 aromatic carbocycles. The SMILES string of the molecule is CC(C)c1ccccc1SC1C(=O)CC(CCCC(=O)N2CCSCC2)(c2ccccc2)OC1=O. The van der Waals surface area contributed by atoms with Gasteiger partial charge in [0, 0.05) is 35.9 Å². The molecule has 2 aliphatic rings. The van der Waals surface area contributed by atoms with E-state index in [9.17, 15) is 14.4 Å². The Morgan fingerprint density at radius 2 is 1.77 bits per heavy atom. The minimum atomic E-state index is -1.03. The van der Waals surface area contributed by atoms with Crippen LogP contribution in [-0.4, -0.2) is 52.4 Å². The summed E-state index contributed by atoms with van der Waals surface area (Å²) in [6.45, 7) is 5.78. The summed E-state index contributed by atoms with van der Waals surface area (Å²) >= 11 is 3.16. The molecule has 5 nitrogen and oxygen atoms in total. The number of cyclic esters (lactones) is 1. The number of ketones is 1. The molecule has 7 heteroatoms. The molecule has 0 spiro atoms. The van der Waals surface area contributed by atoms with Gasteiger partial charge >= 0.3 is 5.97 Å². The van der Waals surface area contributed by atoms with Crippen molar-refractivity contribution < 1.29 is 19.1 Å². The second kappa shape index (κ2) is 11.7. The van der Waals surface area contributed by atoms with Gasteiger partial charge in [0.15, 0.2) is 11.0 Å². The average molecular weight is 512 g/mol. The number of nitrogens with zero attached hydrogens (tertiary/aromatic N) is 1. The van der Waals surface area contributed by atoms with E-state index in [0.717, 1.165) is 40.6 Å². The first-order chi connectivity index (χ1) is 16.9. The fraction of sp³-hybridized carbons (Fsp3) is 0.464. The fourth-order valence-electron chi connectivity index (χ4n) is 4.78. The van der Waals surface area contributed by atoms with E-state index in [0.29, 0.717) is 19.3 Å². The summed E-state index contributed by atoms with van der Waals surface area (Å²) in [7, 11) is 0. The quantitative estimate of drug-likeness (QED) is 0.348. The maximum Gasteiger partial charge on any atom is 0.327 e. The number of rotatable bonds is 8. The first-order valence-electron chi connectivity index (χ1n) is 12.3. The number of hydrogen-bond acceptors (Lipinski definition) is 6. The van der Waals surface area contributed by atoms with Crippen LogP contribution in [0.15, 0.2) is 59.5 Å². The van der Waals surface area contributed by atoms with Crippen LogP contribution in [0.25, 0.3) is 0 Å². The molecular weight excluding hydrogens is 478 g/mol. The highest BCUT2D eigenvalue weighted by molar-refractivity contribution is 8.01. The number of thioether (sulfide) groups is 2. The first-order valence-corrected chi connectivity index (χ1v) is 14.4. The van der Waals surface area contributed by atoms with Crippen molar-refractivity contribution in [2.75, 3.05) is 24.6 Å². The summed E-state index contributed by atoms with van der Waals surface area (Å²) in [6, 6.07) is 17.4. The number of ether oxygens (including phenoxy) is 1. The number of carbonyl (C=O) groups excluding carboxylic acids is 3. The van der Waals surface area contributed by atoms with Crippen molar-refractivity contribution in [3.63, 3.8) is 0 Å². The standard InChI is InChI=1S/C28H33NO4S2/c1-20(2)22-11-6-7-12-24(22)35-26-23(30)19-28(33-27(26)32,21-9-4-3-5-10-21)14-8-13-25(31)29-15-17-34-18-16-29/h3-7,9-12,20,26H,8,13-19H2,1-2H3. The summed E-state index contributed by atoms with van der Waals surface area (Å²) < 4.78 is 6.13. The Morgan fingerprint density at radius 3 is 2.46 bits per heavy atom. The minimum absolute atomic E-state index is 0.118. The highest BCUT2D eigenvalue weighted by Gasteiger charge is 2.48. The van der Waals surface area contributed by atoms with E-state index in [1.807, 2.05) is 71.3 Å². The van der Waals surface area contributed by atoms with Gasteiger partial charge in [-0.15, -0.1) is 11.8 Å². The number of amides is 1.